The Morgan fingerprint density at radius 1 is 1.43 bits per heavy atom. The second-order valence-corrected chi connectivity index (χ2v) is 2.55. The third-order valence-electron chi connectivity index (χ3n) is 0.792. The minimum absolute atomic E-state index is 1.18. The van der Waals surface area contributed by atoms with Gasteiger partial charge in [0.05, 0.1) is 0 Å². The van der Waals surface area contributed by atoms with E-state index >= 15 is 0 Å². The first-order valence-corrected chi connectivity index (χ1v) is 4.11. The quantitative estimate of drug-likeness (QED) is 0.289. The van der Waals surface area contributed by atoms with Crippen molar-refractivity contribution in [3.8, 4) is 0 Å². The molecule has 0 N–H and O–H groups in total. The molecule has 0 aliphatic carbocycles. The van der Waals surface area contributed by atoms with Crippen LogP contribution in [0, 0.1) is 0 Å². The highest BCUT2D eigenvalue weighted by Gasteiger charge is 1.78. The third-order valence-corrected chi connectivity index (χ3v) is 1.55. The van der Waals surface area contributed by atoms with Gasteiger partial charge < -0.3 is 0 Å². The normalized spacial score (nSPS) is 8.71. The monoisotopic (exact) mass is 210 g/mol. The number of rotatable bonds is 4. The Bertz CT molecular complexity index is 41.4. The van der Waals surface area contributed by atoms with E-state index in [0.717, 1.165) is 0 Å². The van der Waals surface area contributed by atoms with E-state index in [-0.39, 0.29) is 0 Å². The Morgan fingerprint density at radius 3 is 2.57 bits per heavy atom. The maximum Gasteiger partial charge on any atom is -0.000462 e. The largest absolute Gasteiger partial charge is 0.103 e. The third kappa shape index (κ3) is 6.47. The Balaban J connectivity index is 2.56. The number of halogens is 1. The van der Waals surface area contributed by atoms with Crippen LogP contribution in [-0.4, -0.2) is 4.43 Å². The van der Waals surface area contributed by atoms with Crippen LogP contribution in [0.1, 0.15) is 19.3 Å². The Morgan fingerprint density at radius 2 is 2.14 bits per heavy atom. The molecule has 42 valence electrons. The molecule has 0 unspecified atom stereocenters. The van der Waals surface area contributed by atoms with Gasteiger partial charge in [-0.3, -0.25) is 0 Å². The summed E-state index contributed by atoms with van der Waals surface area (Å²) in [5, 5.41) is 0. The van der Waals surface area contributed by atoms with Crippen molar-refractivity contribution in [2.75, 3.05) is 4.43 Å². The molecule has 0 aliphatic heterocycles. The summed E-state index contributed by atoms with van der Waals surface area (Å²) in [6, 6.07) is 0. The first-order valence-electron chi connectivity index (χ1n) is 2.58. The molecule has 0 atom stereocenters. The predicted octanol–water partition coefficient (Wildman–Crippen LogP) is 2.78. The van der Waals surface area contributed by atoms with E-state index in [1.54, 1.807) is 0 Å². The van der Waals surface area contributed by atoms with Crippen molar-refractivity contribution in [3.63, 3.8) is 0 Å². The highest BCUT2D eigenvalue weighted by Crippen LogP contribution is 1.97. The Hall–Kier alpha value is 0.470. The summed E-state index contributed by atoms with van der Waals surface area (Å²) in [7, 11) is 0. The van der Waals surface area contributed by atoms with Gasteiger partial charge in [-0.05, 0) is 23.7 Å². The number of hydrogen-bond acceptors (Lipinski definition) is 0. The molecular formula is C6H11I. The van der Waals surface area contributed by atoms with Crippen molar-refractivity contribution in [2.24, 2.45) is 0 Å². The lowest BCUT2D eigenvalue weighted by Gasteiger charge is -1.86. The molecule has 0 aliphatic rings. The van der Waals surface area contributed by atoms with E-state index in [4.69, 9.17) is 0 Å². The molecule has 0 rings (SSSR count). The molecule has 0 saturated carbocycles. The first-order chi connectivity index (χ1) is 3.41. The molecule has 1 heteroatoms. The summed E-state index contributed by atoms with van der Waals surface area (Å²) < 4.78 is 1.28. The van der Waals surface area contributed by atoms with Crippen LogP contribution in [0.15, 0.2) is 12.7 Å². The van der Waals surface area contributed by atoms with Gasteiger partial charge in [-0.25, -0.2) is 0 Å². The van der Waals surface area contributed by atoms with Gasteiger partial charge in [0.1, 0.15) is 0 Å². The fourth-order valence-corrected chi connectivity index (χ4v) is 0.923. The lowest BCUT2D eigenvalue weighted by Crippen LogP contribution is -1.71. The van der Waals surface area contributed by atoms with Crippen molar-refractivity contribution in [2.45, 2.75) is 19.3 Å². The molecule has 0 aromatic carbocycles. The second kappa shape index (κ2) is 6.47. The zero-order valence-corrected chi connectivity index (χ0v) is 6.65. The van der Waals surface area contributed by atoms with Crippen molar-refractivity contribution < 1.29 is 0 Å². The first kappa shape index (κ1) is 7.47. The van der Waals surface area contributed by atoms with Crippen LogP contribution in [0.25, 0.3) is 0 Å². The lowest BCUT2D eigenvalue weighted by atomic mass is 10.3. The topological polar surface area (TPSA) is 0 Å². The van der Waals surface area contributed by atoms with E-state index in [0.29, 0.717) is 0 Å². The molecule has 0 aromatic rings. The van der Waals surface area contributed by atoms with Crippen LogP contribution in [0.3, 0.4) is 0 Å². The van der Waals surface area contributed by atoms with Crippen LogP contribution in [0.4, 0.5) is 0 Å². The fourth-order valence-electron chi connectivity index (χ4n) is 0.383. The highest BCUT2D eigenvalue weighted by molar-refractivity contribution is 14.1. The van der Waals surface area contributed by atoms with E-state index in [1.807, 2.05) is 6.08 Å². The minimum atomic E-state index is 1.18. The Kier molecular flexibility index (Phi) is 6.90. The number of unbranched alkanes of at least 4 members (excludes halogenated alkanes) is 2. The van der Waals surface area contributed by atoms with E-state index < -0.39 is 0 Å². The number of alkyl halides is 1. The van der Waals surface area contributed by atoms with Crippen molar-refractivity contribution >= 4 is 22.6 Å². The minimum Gasteiger partial charge on any atom is -0.103 e. The number of allylic oxidation sites excluding steroid dienone is 1. The molecule has 0 aromatic heterocycles. The van der Waals surface area contributed by atoms with E-state index in [9.17, 15) is 0 Å². The van der Waals surface area contributed by atoms with E-state index in [1.165, 1.54) is 23.7 Å². The van der Waals surface area contributed by atoms with Crippen molar-refractivity contribution in [1.29, 1.82) is 0 Å². The molecule has 0 heterocycles. The SMILES string of the molecule is C=CCCCCI. The molecule has 0 radical (unpaired) electrons. The second-order valence-electron chi connectivity index (χ2n) is 1.47. The Labute approximate surface area is 59.1 Å². The summed E-state index contributed by atoms with van der Waals surface area (Å²) in [6.45, 7) is 3.63. The maximum atomic E-state index is 3.63. The molecular weight excluding hydrogens is 199 g/mol. The summed E-state index contributed by atoms with van der Waals surface area (Å²) in [6.07, 6.45) is 5.81. The van der Waals surface area contributed by atoms with E-state index in [2.05, 4.69) is 29.2 Å². The van der Waals surface area contributed by atoms with Crippen LogP contribution >= 0.6 is 22.6 Å². The number of hydrogen-bond donors (Lipinski definition) is 0. The molecule has 0 amide bonds. The molecule has 7 heavy (non-hydrogen) atoms. The predicted molar refractivity (Wildman–Crippen MR) is 42.9 cm³/mol. The summed E-state index contributed by atoms with van der Waals surface area (Å²) in [5.41, 5.74) is 0. The van der Waals surface area contributed by atoms with Gasteiger partial charge >= 0.3 is 0 Å². The van der Waals surface area contributed by atoms with Crippen LogP contribution < -0.4 is 0 Å². The van der Waals surface area contributed by atoms with Gasteiger partial charge in [-0.2, -0.15) is 0 Å². The van der Waals surface area contributed by atoms with Gasteiger partial charge in [0.25, 0.3) is 0 Å². The average Bonchev–Trinajstić information content (AvgIpc) is 1.69. The zero-order chi connectivity index (χ0) is 5.54. The van der Waals surface area contributed by atoms with Gasteiger partial charge in [-0.15, -0.1) is 6.58 Å². The highest BCUT2D eigenvalue weighted by atomic mass is 127. The molecule has 0 fully saturated rings. The van der Waals surface area contributed by atoms with Crippen molar-refractivity contribution in [3.05, 3.63) is 12.7 Å². The lowest BCUT2D eigenvalue weighted by molar-refractivity contribution is 0.832. The smallest absolute Gasteiger partial charge is 0.000462 e. The molecule has 0 nitrogen and oxygen atoms in total. The molecule has 0 saturated heterocycles. The summed E-state index contributed by atoms with van der Waals surface area (Å²) >= 11 is 2.39. The fraction of sp³-hybridized carbons (Fsp3) is 0.667. The van der Waals surface area contributed by atoms with Gasteiger partial charge in [0.15, 0.2) is 0 Å². The molecule has 0 bridgehead atoms. The van der Waals surface area contributed by atoms with Crippen molar-refractivity contribution in [1.82, 2.24) is 0 Å². The van der Waals surface area contributed by atoms with Gasteiger partial charge in [-0.1, -0.05) is 28.7 Å². The van der Waals surface area contributed by atoms with Crippen LogP contribution in [0.5, 0.6) is 0 Å². The standard InChI is InChI=1S/C6H11I/c1-2-3-4-5-6-7/h2H,1,3-6H2. The zero-order valence-electron chi connectivity index (χ0n) is 4.49. The average molecular weight is 210 g/mol. The summed E-state index contributed by atoms with van der Waals surface area (Å²) in [5.74, 6) is 0. The van der Waals surface area contributed by atoms with Crippen LogP contribution in [0.2, 0.25) is 0 Å². The van der Waals surface area contributed by atoms with Gasteiger partial charge in [0.2, 0.25) is 0 Å². The molecule has 0 spiro atoms. The maximum absolute atomic E-state index is 3.63. The van der Waals surface area contributed by atoms with Crippen LogP contribution in [-0.2, 0) is 0 Å². The van der Waals surface area contributed by atoms with Gasteiger partial charge in [0, 0.05) is 0 Å². The summed E-state index contributed by atoms with van der Waals surface area (Å²) in [4.78, 5) is 0.